The van der Waals surface area contributed by atoms with Crippen LogP contribution in [-0.4, -0.2) is 22.8 Å². The first-order valence-electron chi connectivity index (χ1n) is 6.36. The maximum absolute atomic E-state index is 13.1. The molecular weight excluding hydrogens is 300 g/mol. The van der Waals surface area contributed by atoms with Gasteiger partial charge in [0.1, 0.15) is 11.6 Å². The minimum Gasteiger partial charge on any atom is -0.299 e. The summed E-state index contributed by atoms with van der Waals surface area (Å²) in [5, 5.41) is 0. The quantitative estimate of drug-likeness (QED) is 0.763. The van der Waals surface area contributed by atoms with Gasteiger partial charge in [-0.15, -0.1) is 0 Å². The standard InChI is InChI=1S/C14H18BrF2N/c1-10(15)12-2-4-18(5-3-12)9-11-6-13(16)8-14(17)7-11/h6-8,10,12H,2-5,9H2,1H3. The largest absolute Gasteiger partial charge is 0.299 e. The Hall–Kier alpha value is -0.480. The second kappa shape index (κ2) is 6.11. The first-order chi connectivity index (χ1) is 8.54. The van der Waals surface area contributed by atoms with Gasteiger partial charge in [-0.3, -0.25) is 4.90 Å². The summed E-state index contributed by atoms with van der Waals surface area (Å²) >= 11 is 3.62. The lowest BCUT2D eigenvalue weighted by molar-refractivity contribution is 0.178. The van der Waals surface area contributed by atoms with E-state index in [2.05, 4.69) is 27.8 Å². The molecule has 0 amide bonds. The Kier molecular flexibility index (Phi) is 4.73. The summed E-state index contributed by atoms with van der Waals surface area (Å²) in [6.07, 6.45) is 2.29. The van der Waals surface area contributed by atoms with E-state index in [0.29, 0.717) is 17.3 Å². The first kappa shape index (κ1) is 13.9. The molecule has 1 saturated heterocycles. The van der Waals surface area contributed by atoms with Crippen LogP contribution in [0.2, 0.25) is 0 Å². The van der Waals surface area contributed by atoms with Crippen LogP contribution in [-0.2, 0) is 6.54 Å². The predicted molar refractivity (Wildman–Crippen MR) is 72.7 cm³/mol. The maximum atomic E-state index is 13.1. The van der Waals surface area contributed by atoms with E-state index in [0.717, 1.165) is 37.6 Å². The van der Waals surface area contributed by atoms with Crippen molar-refractivity contribution in [3.63, 3.8) is 0 Å². The minimum absolute atomic E-state index is 0.492. The fraction of sp³-hybridized carbons (Fsp3) is 0.571. The topological polar surface area (TPSA) is 3.24 Å². The monoisotopic (exact) mass is 317 g/mol. The highest BCUT2D eigenvalue weighted by molar-refractivity contribution is 9.09. The Morgan fingerprint density at radius 3 is 2.28 bits per heavy atom. The normalized spacial score (nSPS) is 20.0. The molecule has 0 N–H and O–H groups in total. The fourth-order valence-corrected chi connectivity index (χ4v) is 3.06. The molecule has 100 valence electrons. The number of likely N-dealkylation sites (tertiary alicyclic amines) is 1. The number of halogens is 3. The van der Waals surface area contributed by atoms with Gasteiger partial charge < -0.3 is 0 Å². The molecule has 2 rings (SSSR count). The van der Waals surface area contributed by atoms with Gasteiger partial charge in [0.25, 0.3) is 0 Å². The van der Waals surface area contributed by atoms with E-state index in [1.165, 1.54) is 12.1 Å². The molecule has 0 aliphatic carbocycles. The zero-order valence-electron chi connectivity index (χ0n) is 10.5. The number of hydrogen-bond donors (Lipinski definition) is 0. The van der Waals surface area contributed by atoms with Gasteiger partial charge in [0.05, 0.1) is 0 Å². The molecule has 1 unspecified atom stereocenters. The molecule has 1 aliphatic heterocycles. The van der Waals surface area contributed by atoms with E-state index in [1.807, 2.05) is 0 Å². The molecule has 18 heavy (non-hydrogen) atoms. The van der Waals surface area contributed by atoms with Crippen molar-refractivity contribution in [2.75, 3.05) is 13.1 Å². The summed E-state index contributed by atoms with van der Waals surface area (Å²) in [7, 11) is 0. The van der Waals surface area contributed by atoms with Crippen LogP contribution in [0.15, 0.2) is 18.2 Å². The van der Waals surface area contributed by atoms with Crippen molar-refractivity contribution >= 4 is 15.9 Å². The van der Waals surface area contributed by atoms with Crippen LogP contribution < -0.4 is 0 Å². The van der Waals surface area contributed by atoms with Gasteiger partial charge in [-0.05, 0) is 49.5 Å². The zero-order chi connectivity index (χ0) is 13.1. The Bertz CT molecular complexity index is 381. The maximum Gasteiger partial charge on any atom is 0.126 e. The molecule has 0 bridgehead atoms. The van der Waals surface area contributed by atoms with Crippen molar-refractivity contribution in [3.05, 3.63) is 35.4 Å². The second-order valence-corrected chi connectivity index (χ2v) is 6.51. The fourth-order valence-electron chi connectivity index (χ4n) is 2.53. The van der Waals surface area contributed by atoms with Crippen LogP contribution in [0.25, 0.3) is 0 Å². The summed E-state index contributed by atoms with van der Waals surface area (Å²) in [6.45, 7) is 4.82. The summed E-state index contributed by atoms with van der Waals surface area (Å²) in [6, 6.07) is 3.76. The average Bonchev–Trinajstić information content (AvgIpc) is 2.28. The van der Waals surface area contributed by atoms with E-state index in [4.69, 9.17) is 0 Å². The number of alkyl halides is 1. The van der Waals surface area contributed by atoms with Gasteiger partial charge in [-0.2, -0.15) is 0 Å². The molecule has 0 saturated carbocycles. The van der Waals surface area contributed by atoms with Gasteiger partial charge in [0, 0.05) is 17.4 Å². The van der Waals surface area contributed by atoms with Gasteiger partial charge in [-0.25, -0.2) is 8.78 Å². The zero-order valence-corrected chi connectivity index (χ0v) is 12.1. The van der Waals surface area contributed by atoms with Crippen molar-refractivity contribution in [2.45, 2.75) is 31.1 Å². The average molecular weight is 318 g/mol. The molecule has 1 aliphatic rings. The summed E-state index contributed by atoms with van der Waals surface area (Å²) < 4.78 is 26.2. The number of hydrogen-bond acceptors (Lipinski definition) is 1. The highest BCUT2D eigenvalue weighted by Gasteiger charge is 2.22. The summed E-state index contributed by atoms with van der Waals surface area (Å²) in [5.74, 6) is -0.270. The molecule has 1 heterocycles. The van der Waals surface area contributed by atoms with E-state index in [1.54, 1.807) is 0 Å². The van der Waals surface area contributed by atoms with Gasteiger partial charge in [-0.1, -0.05) is 22.9 Å². The highest BCUT2D eigenvalue weighted by Crippen LogP contribution is 2.25. The molecule has 0 aromatic heterocycles. The molecule has 4 heteroatoms. The molecule has 0 spiro atoms. The minimum atomic E-state index is -0.492. The second-order valence-electron chi connectivity index (χ2n) is 5.07. The van der Waals surface area contributed by atoms with Crippen molar-refractivity contribution < 1.29 is 8.78 Å². The van der Waals surface area contributed by atoms with Crippen LogP contribution in [0, 0.1) is 17.6 Å². The van der Waals surface area contributed by atoms with Crippen LogP contribution in [0.5, 0.6) is 0 Å². The van der Waals surface area contributed by atoms with Gasteiger partial charge >= 0.3 is 0 Å². The Morgan fingerprint density at radius 1 is 1.22 bits per heavy atom. The van der Waals surface area contributed by atoms with Crippen LogP contribution >= 0.6 is 15.9 Å². The van der Waals surface area contributed by atoms with Gasteiger partial charge in [0.15, 0.2) is 0 Å². The lowest BCUT2D eigenvalue weighted by atomic mass is 9.94. The van der Waals surface area contributed by atoms with Crippen molar-refractivity contribution in [1.82, 2.24) is 4.90 Å². The summed E-state index contributed by atoms with van der Waals surface area (Å²) in [5.41, 5.74) is 0.720. The van der Waals surface area contributed by atoms with Crippen LogP contribution in [0.1, 0.15) is 25.3 Å². The first-order valence-corrected chi connectivity index (χ1v) is 7.27. The third-order valence-corrected chi connectivity index (χ3v) is 4.36. The van der Waals surface area contributed by atoms with Crippen molar-refractivity contribution in [1.29, 1.82) is 0 Å². The molecule has 1 fully saturated rings. The number of benzene rings is 1. The third kappa shape index (κ3) is 3.75. The molecule has 0 radical (unpaired) electrons. The van der Waals surface area contributed by atoms with Crippen molar-refractivity contribution in [3.8, 4) is 0 Å². The van der Waals surface area contributed by atoms with E-state index >= 15 is 0 Å². The number of rotatable bonds is 3. The molecule has 1 nitrogen and oxygen atoms in total. The molecule has 1 atom stereocenters. The van der Waals surface area contributed by atoms with Gasteiger partial charge in [0.2, 0.25) is 0 Å². The van der Waals surface area contributed by atoms with E-state index in [-0.39, 0.29) is 0 Å². The third-order valence-electron chi connectivity index (χ3n) is 3.61. The summed E-state index contributed by atoms with van der Waals surface area (Å²) in [4.78, 5) is 2.81. The Balaban J connectivity index is 1.91. The van der Waals surface area contributed by atoms with Crippen LogP contribution in [0.3, 0.4) is 0 Å². The van der Waals surface area contributed by atoms with E-state index in [9.17, 15) is 8.78 Å². The lowest BCUT2D eigenvalue weighted by Gasteiger charge is -2.33. The molecular formula is C14H18BrF2N. The Labute approximate surface area is 115 Å². The SMILES string of the molecule is CC(Br)C1CCN(Cc2cc(F)cc(F)c2)CC1. The molecule has 1 aromatic rings. The van der Waals surface area contributed by atoms with Crippen molar-refractivity contribution in [2.24, 2.45) is 5.92 Å². The molecule has 1 aromatic carbocycles. The smallest absolute Gasteiger partial charge is 0.126 e. The lowest BCUT2D eigenvalue weighted by Crippen LogP contribution is -2.35. The number of piperidine rings is 1. The van der Waals surface area contributed by atoms with Crippen LogP contribution in [0.4, 0.5) is 8.78 Å². The number of nitrogens with zero attached hydrogens (tertiary/aromatic N) is 1. The highest BCUT2D eigenvalue weighted by atomic mass is 79.9. The Morgan fingerprint density at radius 2 is 1.78 bits per heavy atom. The predicted octanol–water partition coefficient (Wildman–Crippen LogP) is 3.96. The van der Waals surface area contributed by atoms with E-state index < -0.39 is 11.6 Å².